The topological polar surface area (TPSA) is 59.8 Å². The minimum Gasteiger partial charge on any atom is -0.493 e. The molecule has 1 aliphatic rings. The lowest BCUT2D eigenvalue weighted by atomic mass is 10.2. The summed E-state index contributed by atoms with van der Waals surface area (Å²) in [4.78, 5) is 4.72. The van der Waals surface area contributed by atoms with Crippen molar-refractivity contribution < 1.29 is 9.47 Å². The summed E-state index contributed by atoms with van der Waals surface area (Å²) in [6, 6.07) is 10.2. The van der Waals surface area contributed by atoms with Crippen LogP contribution in [0.3, 0.4) is 0 Å². The third-order valence-electron chi connectivity index (χ3n) is 4.92. The van der Waals surface area contributed by atoms with Crippen molar-refractivity contribution in [3.05, 3.63) is 48.3 Å². The number of aliphatic imine (C=N–C) groups is 1. The summed E-state index contributed by atoms with van der Waals surface area (Å²) in [6.07, 6.45) is 9.18. The fraction of sp³-hybridized carbons (Fsp3) is 0.500. The Morgan fingerprint density at radius 1 is 1.14 bits per heavy atom. The molecule has 1 fully saturated rings. The first-order chi connectivity index (χ1) is 13.8. The summed E-state index contributed by atoms with van der Waals surface area (Å²) in [6.45, 7) is 5.21. The number of nitrogens with zero attached hydrogens (tertiary/aromatic N) is 2. The summed E-state index contributed by atoms with van der Waals surface area (Å²) in [5.74, 6) is 2.44. The number of nitrogens with one attached hydrogen (secondary N) is 2. The number of aromatic nitrogens is 1. The fourth-order valence-corrected chi connectivity index (χ4v) is 3.43. The van der Waals surface area contributed by atoms with E-state index in [1.54, 1.807) is 7.11 Å². The molecule has 29 heavy (non-hydrogen) atoms. The monoisotopic (exact) mass is 512 g/mol. The lowest BCUT2D eigenvalue weighted by Crippen LogP contribution is -2.38. The maximum Gasteiger partial charge on any atom is 0.191 e. The van der Waals surface area contributed by atoms with Gasteiger partial charge in [-0.15, -0.1) is 24.0 Å². The average Bonchev–Trinajstić information content (AvgIpc) is 3.40. The highest BCUT2D eigenvalue weighted by atomic mass is 127. The third kappa shape index (κ3) is 7.45. The molecule has 1 aromatic heterocycles. The minimum absolute atomic E-state index is 0. The van der Waals surface area contributed by atoms with Crippen LogP contribution >= 0.6 is 24.0 Å². The van der Waals surface area contributed by atoms with E-state index < -0.39 is 0 Å². The van der Waals surface area contributed by atoms with Crippen molar-refractivity contribution >= 4 is 29.9 Å². The van der Waals surface area contributed by atoms with Gasteiger partial charge >= 0.3 is 0 Å². The highest BCUT2D eigenvalue weighted by molar-refractivity contribution is 14.0. The summed E-state index contributed by atoms with van der Waals surface area (Å²) in [7, 11) is 1.69. The van der Waals surface area contributed by atoms with Gasteiger partial charge in [0.15, 0.2) is 17.5 Å². The van der Waals surface area contributed by atoms with Crippen molar-refractivity contribution in [3.8, 4) is 11.5 Å². The van der Waals surface area contributed by atoms with E-state index >= 15 is 0 Å². The van der Waals surface area contributed by atoms with Gasteiger partial charge in [0, 0.05) is 32.0 Å². The smallest absolute Gasteiger partial charge is 0.191 e. The number of hydrogen-bond donors (Lipinski definition) is 2. The fourth-order valence-electron chi connectivity index (χ4n) is 3.43. The Morgan fingerprint density at radius 3 is 2.59 bits per heavy atom. The van der Waals surface area contributed by atoms with Crippen LogP contribution in [0.1, 0.15) is 38.2 Å². The molecule has 0 spiro atoms. The maximum absolute atomic E-state index is 6.19. The molecule has 1 heterocycles. The Balaban J connectivity index is 0.00000300. The second-order valence-electron chi connectivity index (χ2n) is 7.05. The number of guanidine groups is 1. The van der Waals surface area contributed by atoms with Crippen molar-refractivity contribution in [2.75, 3.05) is 20.2 Å². The Morgan fingerprint density at radius 2 is 1.90 bits per heavy atom. The molecule has 1 aliphatic carbocycles. The highest BCUT2D eigenvalue weighted by Crippen LogP contribution is 2.32. The molecule has 0 unspecified atom stereocenters. The second kappa shape index (κ2) is 12.6. The van der Waals surface area contributed by atoms with E-state index in [9.17, 15) is 0 Å². The molecule has 1 aromatic carbocycles. The van der Waals surface area contributed by atoms with Crippen LogP contribution in [0.25, 0.3) is 0 Å². The third-order valence-corrected chi connectivity index (χ3v) is 4.92. The van der Waals surface area contributed by atoms with Gasteiger partial charge in [0.1, 0.15) is 0 Å². The zero-order valence-electron chi connectivity index (χ0n) is 17.4. The van der Waals surface area contributed by atoms with Gasteiger partial charge in [-0.25, -0.2) is 4.99 Å². The van der Waals surface area contributed by atoms with Gasteiger partial charge in [-0.2, -0.15) is 0 Å². The lowest BCUT2D eigenvalue weighted by molar-refractivity contribution is 0.200. The Bertz CT molecular complexity index is 743. The Kier molecular flexibility index (Phi) is 10.2. The molecular weight excluding hydrogens is 479 g/mol. The molecule has 0 bridgehead atoms. The molecule has 160 valence electrons. The maximum atomic E-state index is 6.19. The van der Waals surface area contributed by atoms with Crippen molar-refractivity contribution in [1.82, 2.24) is 15.2 Å². The van der Waals surface area contributed by atoms with Crippen LogP contribution in [0.15, 0.2) is 47.7 Å². The number of rotatable bonds is 9. The number of methoxy groups -OCH3 is 1. The first-order valence-corrected chi connectivity index (χ1v) is 10.2. The van der Waals surface area contributed by atoms with Crippen LogP contribution in [-0.4, -0.2) is 36.8 Å². The van der Waals surface area contributed by atoms with Gasteiger partial charge in [0.2, 0.25) is 0 Å². The number of ether oxygens (including phenoxy) is 2. The number of benzene rings is 1. The molecule has 0 aliphatic heterocycles. The summed E-state index contributed by atoms with van der Waals surface area (Å²) in [5, 5.41) is 6.69. The lowest BCUT2D eigenvalue weighted by Gasteiger charge is -2.17. The van der Waals surface area contributed by atoms with Crippen LogP contribution in [0.4, 0.5) is 0 Å². The molecular formula is C22H33IN4O2. The predicted molar refractivity (Wildman–Crippen MR) is 129 cm³/mol. The highest BCUT2D eigenvalue weighted by Gasteiger charge is 2.18. The average molecular weight is 512 g/mol. The molecule has 2 aromatic rings. The molecule has 0 saturated heterocycles. The number of hydrogen-bond acceptors (Lipinski definition) is 3. The quantitative estimate of drug-likeness (QED) is 0.301. The first-order valence-electron chi connectivity index (χ1n) is 10.2. The van der Waals surface area contributed by atoms with E-state index in [0.29, 0.717) is 12.6 Å². The SMILES string of the molecule is CCNC(=NCc1ccc(OC)c(OC2CCCC2)c1)NCCn1cccc1.I. The standard InChI is InChI=1S/C22H32N4O2.HI/c1-3-23-22(24-12-15-26-13-6-7-14-26)25-17-18-10-11-20(27-2)21(16-18)28-19-8-4-5-9-19;/h6-7,10-11,13-14,16,19H,3-5,8-9,12,15,17H2,1-2H3,(H2,23,24,25);1H. The number of halogens is 1. The van der Waals surface area contributed by atoms with E-state index in [-0.39, 0.29) is 24.0 Å². The van der Waals surface area contributed by atoms with Crippen molar-refractivity contribution in [3.63, 3.8) is 0 Å². The van der Waals surface area contributed by atoms with Gasteiger partial charge < -0.3 is 24.7 Å². The van der Waals surface area contributed by atoms with Crippen LogP contribution < -0.4 is 20.1 Å². The van der Waals surface area contributed by atoms with E-state index in [1.807, 2.05) is 24.3 Å². The van der Waals surface area contributed by atoms with Crippen molar-refractivity contribution in [1.29, 1.82) is 0 Å². The van der Waals surface area contributed by atoms with E-state index in [4.69, 9.17) is 14.5 Å². The van der Waals surface area contributed by atoms with Gasteiger partial charge in [-0.05, 0) is 62.4 Å². The first kappa shape index (κ1) is 23.4. The molecule has 6 nitrogen and oxygen atoms in total. The molecule has 0 atom stereocenters. The van der Waals surface area contributed by atoms with Gasteiger partial charge in [0.25, 0.3) is 0 Å². The van der Waals surface area contributed by atoms with E-state index in [1.165, 1.54) is 12.8 Å². The molecule has 0 radical (unpaired) electrons. The second-order valence-corrected chi connectivity index (χ2v) is 7.05. The molecule has 1 saturated carbocycles. The van der Waals surface area contributed by atoms with Crippen molar-refractivity contribution in [2.24, 2.45) is 4.99 Å². The van der Waals surface area contributed by atoms with Gasteiger partial charge in [-0.1, -0.05) is 6.07 Å². The van der Waals surface area contributed by atoms with Gasteiger partial charge in [-0.3, -0.25) is 0 Å². The summed E-state index contributed by atoms with van der Waals surface area (Å²) < 4.78 is 13.8. The van der Waals surface area contributed by atoms with E-state index in [0.717, 1.165) is 55.5 Å². The molecule has 0 amide bonds. The Labute approximate surface area is 191 Å². The molecule has 2 N–H and O–H groups in total. The van der Waals surface area contributed by atoms with Crippen LogP contribution in [0.5, 0.6) is 11.5 Å². The molecule has 3 rings (SSSR count). The predicted octanol–water partition coefficient (Wildman–Crippen LogP) is 4.19. The Hall–Kier alpha value is -1.90. The van der Waals surface area contributed by atoms with Gasteiger partial charge in [0.05, 0.1) is 19.8 Å². The summed E-state index contributed by atoms with van der Waals surface area (Å²) in [5.41, 5.74) is 1.11. The molecule has 7 heteroatoms. The normalized spacial score (nSPS) is 14.3. The zero-order chi connectivity index (χ0) is 19.6. The van der Waals surface area contributed by atoms with Crippen LogP contribution in [-0.2, 0) is 13.1 Å². The largest absolute Gasteiger partial charge is 0.493 e. The summed E-state index contributed by atoms with van der Waals surface area (Å²) >= 11 is 0. The van der Waals surface area contributed by atoms with Crippen LogP contribution in [0.2, 0.25) is 0 Å². The zero-order valence-corrected chi connectivity index (χ0v) is 19.7. The van der Waals surface area contributed by atoms with Crippen LogP contribution in [0, 0.1) is 0 Å². The minimum atomic E-state index is 0. The van der Waals surface area contributed by atoms with E-state index in [2.05, 4.69) is 40.6 Å². The van der Waals surface area contributed by atoms with Crippen molar-refractivity contribution in [2.45, 2.75) is 51.8 Å².